The van der Waals surface area contributed by atoms with E-state index in [-0.39, 0.29) is 24.9 Å². The molecule has 10 nitrogen and oxygen atoms in total. The average molecular weight is 799 g/mol. The molecule has 0 amide bonds. The number of nitrogens with one attached hydrogen (secondary N) is 1. The van der Waals surface area contributed by atoms with Gasteiger partial charge in [-0.1, -0.05) is 146 Å². The molecule has 1 N–H and O–H groups in total. The maximum atomic E-state index is 7.20. The number of aromatic nitrogens is 4. The molecule has 298 valence electrons. The second kappa shape index (κ2) is 15.7. The average Bonchev–Trinajstić information content (AvgIpc) is 3.87. The SMILES string of the molecule is COc1ccc(C(Nc2ncnc3c2ncn3[13C@@H]2O[13C@H]([13CH2]OC(c3ccccc3)(c3ccccc3)c3ccc(OC)cc3)[13C@H]3O[13C@H]32)(c2ccccc2)c2ccccc2)cc1. The van der Waals surface area contributed by atoms with Gasteiger partial charge in [0.15, 0.2) is 23.2 Å². The van der Waals surface area contributed by atoms with Crippen LogP contribution in [0.3, 0.4) is 0 Å². The second-order valence-corrected chi connectivity index (χ2v) is 15.0. The summed E-state index contributed by atoms with van der Waals surface area (Å²) in [4.78, 5) is 14.5. The summed E-state index contributed by atoms with van der Waals surface area (Å²) in [6.45, 7) is 0.264. The number of epoxide rings is 1. The Morgan fingerprint density at radius 1 is 0.550 bits per heavy atom. The molecule has 2 aliphatic rings. The molecule has 2 fully saturated rings. The van der Waals surface area contributed by atoms with Gasteiger partial charge in [-0.15, -0.1) is 0 Å². The van der Waals surface area contributed by atoms with Crippen molar-refractivity contribution >= 4 is 17.0 Å². The number of anilines is 1. The van der Waals surface area contributed by atoms with E-state index in [9.17, 15) is 0 Å². The fourth-order valence-electron chi connectivity index (χ4n) is 8.73. The Morgan fingerprint density at radius 2 is 1.03 bits per heavy atom. The van der Waals surface area contributed by atoms with E-state index < -0.39 is 17.4 Å². The van der Waals surface area contributed by atoms with E-state index in [1.165, 1.54) is 0 Å². The third kappa shape index (κ3) is 6.46. The third-order valence-electron chi connectivity index (χ3n) is 11.7. The molecular formula is C50H43N5O5. The topological polar surface area (TPSA) is 105 Å². The Hall–Kier alpha value is -6.85. The van der Waals surface area contributed by atoms with Gasteiger partial charge in [0.05, 0.1) is 27.2 Å². The van der Waals surface area contributed by atoms with Crippen LogP contribution >= 0.6 is 0 Å². The lowest BCUT2D eigenvalue weighted by Crippen LogP contribution is -2.38. The molecule has 0 spiro atoms. The van der Waals surface area contributed by atoms with Crippen molar-refractivity contribution in [1.29, 1.82) is 0 Å². The third-order valence-corrected chi connectivity index (χ3v) is 11.7. The Bertz CT molecular complexity index is 2600. The maximum Gasteiger partial charge on any atom is 0.167 e. The first-order valence-corrected chi connectivity index (χ1v) is 20.0. The number of methoxy groups -OCH3 is 2. The summed E-state index contributed by atoms with van der Waals surface area (Å²) in [6, 6.07) is 57.5. The predicted molar refractivity (Wildman–Crippen MR) is 229 cm³/mol. The number of fused-ring (bicyclic) bond motifs is 2. The maximum absolute atomic E-state index is 7.20. The summed E-state index contributed by atoms with van der Waals surface area (Å²) in [6.07, 6.45) is 2.15. The number of rotatable bonds is 14. The fraction of sp³-hybridized carbons (Fsp3) is 0.180. The highest BCUT2D eigenvalue weighted by Gasteiger charge is 2.60. The number of benzene rings is 6. The van der Waals surface area contributed by atoms with E-state index in [2.05, 4.69) is 78.1 Å². The summed E-state index contributed by atoms with van der Waals surface area (Å²) >= 11 is 0. The van der Waals surface area contributed by atoms with E-state index in [4.69, 9.17) is 38.6 Å². The van der Waals surface area contributed by atoms with Crippen LogP contribution in [0.2, 0.25) is 0 Å². The molecule has 6 aromatic carbocycles. The molecule has 0 unspecified atom stereocenters. The van der Waals surface area contributed by atoms with E-state index >= 15 is 0 Å². The largest absolute Gasteiger partial charge is 0.497 e. The van der Waals surface area contributed by atoms with Crippen LogP contribution in [-0.2, 0) is 25.4 Å². The van der Waals surface area contributed by atoms with Crippen molar-refractivity contribution in [3.05, 3.63) is 216 Å². The minimum Gasteiger partial charge on any atom is -0.497 e. The van der Waals surface area contributed by atoms with Crippen LogP contribution in [0, 0.1) is 0 Å². The van der Waals surface area contributed by atoms with Crippen LogP contribution in [-0.4, -0.2) is 58.7 Å². The first-order valence-electron chi connectivity index (χ1n) is 20.0. The van der Waals surface area contributed by atoms with Gasteiger partial charge < -0.3 is 29.0 Å². The van der Waals surface area contributed by atoms with Crippen LogP contribution in [0.25, 0.3) is 11.2 Å². The Kier molecular flexibility index (Phi) is 9.81. The molecule has 10 rings (SSSR count). The number of hydrogen-bond acceptors (Lipinski definition) is 9. The van der Waals surface area contributed by atoms with Crippen molar-refractivity contribution in [2.75, 3.05) is 26.1 Å². The molecule has 0 radical (unpaired) electrons. The van der Waals surface area contributed by atoms with Gasteiger partial charge in [-0.25, -0.2) is 15.0 Å². The highest BCUT2D eigenvalue weighted by molar-refractivity contribution is 5.84. The van der Waals surface area contributed by atoms with Crippen LogP contribution in [0.5, 0.6) is 11.5 Å². The summed E-state index contributed by atoms with van der Waals surface area (Å²) < 4.78 is 33.4. The lowest BCUT2D eigenvalue weighted by atomic mass is 9.77. The van der Waals surface area contributed by atoms with Crippen LogP contribution in [0.4, 0.5) is 5.82 Å². The normalized spacial score (nSPS) is 18.5. The summed E-state index contributed by atoms with van der Waals surface area (Å²) in [5.41, 5.74) is 5.46. The predicted octanol–water partition coefficient (Wildman–Crippen LogP) is 8.92. The molecular weight excluding hydrogens is 756 g/mol. The van der Waals surface area contributed by atoms with Crippen molar-refractivity contribution in [3.8, 4) is 11.5 Å². The Balaban J connectivity index is 0.989. The van der Waals surface area contributed by atoms with Crippen molar-refractivity contribution < 1.29 is 23.7 Å². The summed E-state index contributed by atoms with van der Waals surface area (Å²) in [7, 11) is 3.34. The first-order chi connectivity index (χ1) is 29.6. The zero-order chi connectivity index (χ0) is 40.5. The highest BCUT2D eigenvalue weighted by atomic mass is 16.9. The first kappa shape index (κ1) is 37.4. The number of hydrogen-bond donors (Lipinski definition) is 1. The smallest absolute Gasteiger partial charge is 0.167 e. The molecule has 2 aliphatic heterocycles. The molecule has 2 aromatic heterocycles. The van der Waals surface area contributed by atoms with Crippen molar-refractivity contribution in [2.45, 2.75) is 35.7 Å². The fourth-order valence-corrected chi connectivity index (χ4v) is 8.73. The highest BCUT2D eigenvalue weighted by Crippen LogP contribution is 2.48. The van der Waals surface area contributed by atoms with Gasteiger partial charge in [-0.3, -0.25) is 4.57 Å². The van der Waals surface area contributed by atoms with Crippen LogP contribution < -0.4 is 14.8 Å². The molecule has 2 saturated heterocycles. The lowest BCUT2D eigenvalue weighted by Gasteiger charge is -2.37. The van der Waals surface area contributed by atoms with E-state index in [0.29, 0.717) is 17.0 Å². The van der Waals surface area contributed by atoms with Gasteiger partial charge in [0.25, 0.3) is 0 Å². The van der Waals surface area contributed by atoms with Crippen LogP contribution in [0.15, 0.2) is 183 Å². The van der Waals surface area contributed by atoms with E-state index in [1.54, 1.807) is 26.9 Å². The second-order valence-electron chi connectivity index (χ2n) is 15.0. The minimum atomic E-state index is -0.940. The number of ether oxygens (including phenoxy) is 5. The van der Waals surface area contributed by atoms with Gasteiger partial charge >= 0.3 is 0 Å². The van der Waals surface area contributed by atoms with Gasteiger partial charge in [0, 0.05) is 0 Å². The number of imidazole rings is 1. The molecule has 10 heteroatoms. The minimum absolute atomic E-state index is 0.161. The molecule has 60 heavy (non-hydrogen) atoms. The molecule has 8 aromatic rings. The van der Waals surface area contributed by atoms with Crippen molar-refractivity contribution in [1.82, 2.24) is 19.5 Å². The summed E-state index contributed by atoms with van der Waals surface area (Å²) in [5.74, 6) is 2.11. The zero-order valence-electron chi connectivity index (χ0n) is 33.2. The lowest BCUT2D eigenvalue weighted by molar-refractivity contribution is -0.115. The van der Waals surface area contributed by atoms with Crippen LogP contribution in [0.1, 0.15) is 39.6 Å². The number of nitrogens with zero attached hydrogens (tertiary/aromatic N) is 4. The molecule has 4 atom stereocenters. The quantitative estimate of drug-likeness (QED) is 0.0656. The molecule has 0 aliphatic carbocycles. The van der Waals surface area contributed by atoms with E-state index in [1.807, 2.05) is 102 Å². The Labute approximate surface area is 348 Å². The van der Waals surface area contributed by atoms with Crippen molar-refractivity contribution in [2.24, 2.45) is 0 Å². The van der Waals surface area contributed by atoms with E-state index in [0.717, 1.165) is 44.9 Å². The van der Waals surface area contributed by atoms with Gasteiger partial charge in [-0.2, -0.15) is 0 Å². The molecule has 4 heterocycles. The zero-order valence-corrected chi connectivity index (χ0v) is 33.2. The molecule has 0 bridgehead atoms. The van der Waals surface area contributed by atoms with Gasteiger partial charge in [0.2, 0.25) is 0 Å². The monoisotopic (exact) mass is 798 g/mol. The molecule has 0 saturated carbocycles. The van der Waals surface area contributed by atoms with Gasteiger partial charge in [-0.05, 0) is 57.6 Å². The standard InChI is InChI=1S/C50H43N5O5/c1-56-40-27-23-36(24-28-40)49(34-15-7-3-8-16-34,35-17-9-4-10-18-35)54-46-43-47(52-32-51-46)55(33-53-43)48-45-44(60-45)42(59-48)31-58-50(37-19-11-5-12-20-37,38-21-13-6-14-22-38)39-25-29-41(57-2)30-26-39/h3-30,32-33,42,44-45,48H,31H2,1-2H3,(H,51,52,54)/t42-,44-,45-,48-/m1/s1/i31+1,42+1,44+1,45+1,48+1. The van der Waals surface area contributed by atoms with Crippen molar-refractivity contribution in [3.63, 3.8) is 0 Å². The summed E-state index contributed by atoms with van der Waals surface area (Å²) in [5, 5.41) is 3.88. The Morgan fingerprint density at radius 3 is 1.57 bits per heavy atom. The van der Waals surface area contributed by atoms with Gasteiger partial charge in [0.1, 0.15) is 47.3 Å².